The van der Waals surface area contributed by atoms with E-state index in [1.54, 1.807) is 37.4 Å². The molecule has 98 valence electrons. The van der Waals surface area contributed by atoms with Crippen LogP contribution in [-0.4, -0.2) is 27.9 Å². The monoisotopic (exact) mass is 257 g/mol. The predicted octanol–water partition coefficient (Wildman–Crippen LogP) is 1.64. The number of nitrogens with zero attached hydrogens (tertiary/aromatic N) is 2. The molecule has 3 N–H and O–H groups in total. The minimum Gasteiger partial charge on any atom is -0.508 e. The van der Waals surface area contributed by atoms with Crippen LogP contribution < -0.4 is 5.73 Å². The Kier molecular flexibility index (Phi) is 3.66. The number of aromatic hydroxyl groups is 1. The second-order valence-electron chi connectivity index (χ2n) is 4.27. The van der Waals surface area contributed by atoms with Gasteiger partial charge in [0.05, 0.1) is 5.69 Å². The number of hydrogen-bond acceptors (Lipinski definition) is 4. The van der Waals surface area contributed by atoms with Gasteiger partial charge in [-0.15, -0.1) is 0 Å². The van der Waals surface area contributed by atoms with Crippen LogP contribution in [0.15, 0.2) is 42.6 Å². The Balaban J connectivity index is 2.14. The predicted molar refractivity (Wildman–Crippen MR) is 72.6 cm³/mol. The molecule has 0 radical (unpaired) electrons. The first-order chi connectivity index (χ1) is 9.08. The molecule has 2 rings (SSSR count). The summed E-state index contributed by atoms with van der Waals surface area (Å²) >= 11 is 0. The van der Waals surface area contributed by atoms with E-state index in [9.17, 15) is 9.90 Å². The van der Waals surface area contributed by atoms with Gasteiger partial charge in [-0.3, -0.25) is 4.79 Å². The third-order valence-corrected chi connectivity index (χ3v) is 2.72. The van der Waals surface area contributed by atoms with Crippen molar-refractivity contribution in [2.75, 3.05) is 12.8 Å². The molecule has 0 saturated carbocycles. The van der Waals surface area contributed by atoms with Gasteiger partial charge in [0.15, 0.2) is 5.69 Å². The van der Waals surface area contributed by atoms with Crippen LogP contribution in [0.25, 0.3) is 0 Å². The Morgan fingerprint density at radius 3 is 2.84 bits per heavy atom. The largest absolute Gasteiger partial charge is 0.508 e. The lowest BCUT2D eigenvalue weighted by Gasteiger charge is -2.17. The van der Waals surface area contributed by atoms with Gasteiger partial charge in [-0.25, -0.2) is 4.98 Å². The highest BCUT2D eigenvalue weighted by molar-refractivity contribution is 5.96. The second-order valence-corrected chi connectivity index (χ2v) is 4.27. The fraction of sp³-hybridized carbons (Fsp3) is 0.143. The van der Waals surface area contributed by atoms with E-state index in [0.29, 0.717) is 12.2 Å². The first-order valence-electron chi connectivity index (χ1n) is 5.82. The molecule has 0 aliphatic carbocycles. The number of rotatable bonds is 3. The van der Waals surface area contributed by atoms with E-state index in [2.05, 4.69) is 4.98 Å². The Hall–Kier alpha value is -2.56. The van der Waals surface area contributed by atoms with Crippen molar-refractivity contribution in [3.63, 3.8) is 0 Å². The number of carbonyl (C=O) groups is 1. The second kappa shape index (κ2) is 5.39. The molecular weight excluding hydrogens is 242 g/mol. The molecule has 0 fully saturated rings. The summed E-state index contributed by atoms with van der Waals surface area (Å²) in [5, 5.41) is 9.39. The highest BCUT2D eigenvalue weighted by Gasteiger charge is 2.16. The lowest BCUT2D eigenvalue weighted by atomic mass is 10.2. The minimum absolute atomic E-state index is 0.177. The Bertz CT molecular complexity index is 599. The van der Waals surface area contributed by atoms with Crippen molar-refractivity contribution in [1.29, 1.82) is 0 Å². The molecule has 0 spiro atoms. The lowest BCUT2D eigenvalue weighted by molar-refractivity contribution is 0.0780. The molecule has 0 atom stereocenters. The van der Waals surface area contributed by atoms with Crippen molar-refractivity contribution in [2.45, 2.75) is 6.54 Å². The average molecular weight is 257 g/mol. The van der Waals surface area contributed by atoms with Gasteiger partial charge in [0, 0.05) is 19.8 Å². The normalized spacial score (nSPS) is 10.2. The van der Waals surface area contributed by atoms with E-state index < -0.39 is 0 Å². The standard InChI is InChI=1S/C14H15N3O2/c1-17(9-10-4-2-5-11(18)8-10)14(19)13-12(15)6-3-7-16-13/h2-8,18H,9,15H2,1H3. The number of amides is 1. The van der Waals surface area contributed by atoms with Crippen LogP contribution in [0.3, 0.4) is 0 Å². The molecule has 2 aromatic rings. The zero-order valence-electron chi connectivity index (χ0n) is 10.6. The van der Waals surface area contributed by atoms with E-state index in [1.807, 2.05) is 6.07 Å². The zero-order valence-corrected chi connectivity index (χ0v) is 10.6. The molecule has 0 aliphatic heterocycles. The van der Waals surface area contributed by atoms with Crippen molar-refractivity contribution in [1.82, 2.24) is 9.88 Å². The number of phenolic OH excluding ortho intramolecular Hbond substituents is 1. The van der Waals surface area contributed by atoms with Crippen LogP contribution in [0.1, 0.15) is 16.1 Å². The van der Waals surface area contributed by atoms with Gasteiger partial charge >= 0.3 is 0 Å². The number of anilines is 1. The first kappa shape index (κ1) is 12.9. The number of aromatic nitrogens is 1. The van der Waals surface area contributed by atoms with Crippen molar-refractivity contribution in [3.05, 3.63) is 53.9 Å². The fourth-order valence-corrected chi connectivity index (χ4v) is 1.78. The molecule has 5 nitrogen and oxygen atoms in total. The SMILES string of the molecule is CN(Cc1cccc(O)c1)C(=O)c1ncccc1N. The summed E-state index contributed by atoms with van der Waals surface area (Å²) in [4.78, 5) is 17.7. The van der Waals surface area contributed by atoms with Gasteiger partial charge < -0.3 is 15.7 Å². The zero-order chi connectivity index (χ0) is 13.8. The van der Waals surface area contributed by atoms with E-state index in [1.165, 1.54) is 11.1 Å². The summed E-state index contributed by atoms with van der Waals surface area (Å²) in [5.74, 6) is -0.0721. The van der Waals surface area contributed by atoms with Gasteiger partial charge in [-0.1, -0.05) is 12.1 Å². The summed E-state index contributed by atoms with van der Waals surface area (Å²) in [6, 6.07) is 10.1. The van der Waals surface area contributed by atoms with Gasteiger partial charge in [-0.2, -0.15) is 0 Å². The number of nitrogen functional groups attached to an aromatic ring is 1. The number of nitrogens with two attached hydrogens (primary N) is 1. The average Bonchev–Trinajstić information content (AvgIpc) is 2.38. The van der Waals surface area contributed by atoms with Crippen LogP contribution in [0.5, 0.6) is 5.75 Å². The molecule has 19 heavy (non-hydrogen) atoms. The van der Waals surface area contributed by atoms with Crippen molar-refractivity contribution in [2.24, 2.45) is 0 Å². The first-order valence-corrected chi connectivity index (χ1v) is 5.82. The maximum absolute atomic E-state index is 12.2. The van der Waals surface area contributed by atoms with Crippen LogP contribution in [-0.2, 0) is 6.54 Å². The smallest absolute Gasteiger partial charge is 0.274 e. The highest BCUT2D eigenvalue weighted by Crippen LogP contribution is 2.15. The molecule has 0 aliphatic rings. The molecule has 0 bridgehead atoms. The summed E-state index contributed by atoms with van der Waals surface area (Å²) in [6.45, 7) is 0.378. The van der Waals surface area contributed by atoms with Crippen molar-refractivity contribution < 1.29 is 9.90 Å². The molecule has 1 aromatic heterocycles. The summed E-state index contributed by atoms with van der Waals surface area (Å²) in [5.41, 5.74) is 7.16. The number of pyridine rings is 1. The Morgan fingerprint density at radius 2 is 2.16 bits per heavy atom. The molecule has 0 saturated heterocycles. The quantitative estimate of drug-likeness (QED) is 0.876. The van der Waals surface area contributed by atoms with Gasteiger partial charge in [-0.05, 0) is 29.8 Å². The summed E-state index contributed by atoms with van der Waals surface area (Å²) in [7, 11) is 1.67. The maximum atomic E-state index is 12.2. The Labute approximate surface area is 111 Å². The summed E-state index contributed by atoms with van der Waals surface area (Å²) < 4.78 is 0. The molecule has 1 heterocycles. The van der Waals surface area contributed by atoms with Gasteiger partial charge in [0.2, 0.25) is 0 Å². The molecule has 1 aromatic carbocycles. The highest BCUT2D eigenvalue weighted by atomic mass is 16.3. The van der Waals surface area contributed by atoms with Crippen LogP contribution in [0.4, 0.5) is 5.69 Å². The van der Waals surface area contributed by atoms with Gasteiger partial charge in [0.1, 0.15) is 5.75 Å². The van der Waals surface area contributed by atoms with E-state index in [0.717, 1.165) is 5.56 Å². The third-order valence-electron chi connectivity index (χ3n) is 2.72. The molecular formula is C14H15N3O2. The van der Waals surface area contributed by atoms with E-state index in [4.69, 9.17) is 5.73 Å². The van der Waals surface area contributed by atoms with Crippen LogP contribution >= 0.6 is 0 Å². The van der Waals surface area contributed by atoms with Crippen LogP contribution in [0.2, 0.25) is 0 Å². The molecule has 0 unspecified atom stereocenters. The third kappa shape index (κ3) is 3.01. The van der Waals surface area contributed by atoms with Gasteiger partial charge in [0.25, 0.3) is 5.91 Å². The molecule has 1 amide bonds. The Morgan fingerprint density at radius 1 is 1.37 bits per heavy atom. The number of carbonyl (C=O) groups excluding carboxylic acids is 1. The van der Waals surface area contributed by atoms with Crippen molar-refractivity contribution in [3.8, 4) is 5.75 Å². The number of hydrogen-bond donors (Lipinski definition) is 2. The maximum Gasteiger partial charge on any atom is 0.274 e. The van der Waals surface area contributed by atoms with Crippen LogP contribution in [0, 0.1) is 0 Å². The fourth-order valence-electron chi connectivity index (χ4n) is 1.78. The number of benzene rings is 1. The molecule has 5 heteroatoms. The summed E-state index contributed by atoms with van der Waals surface area (Å²) in [6.07, 6.45) is 1.53. The topological polar surface area (TPSA) is 79.5 Å². The van der Waals surface area contributed by atoms with E-state index in [-0.39, 0.29) is 17.4 Å². The lowest BCUT2D eigenvalue weighted by Crippen LogP contribution is -2.27. The minimum atomic E-state index is -0.249. The number of phenols is 1. The van der Waals surface area contributed by atoms with Crippen molar-refractivity contribution >= 4 is 11.6 Å². The van der Waals surface area contributed by atoms with E-state index >= 15 is 0 Å².